The number of allylic oxidation sites excluding steroid dienone is 3. The van der Waals surface area contributed by atoms with E-state index in [1.165, 1.54) is 31.3 Å². The lowest BCUT2D eigenvalue weighted by Crippen LogP contribution is -2.39. The number of rotatable bonds is 10. The van der Waals surface area contributed by atoms with Gasteiger partial charge in [-0.15, -0.1) is 0 Å². The fourth-order valence-corrected chi connectivity index (χ4v) is 7.65. The van der Waals surface area contributed by atoms with Crippen LogP contribution in [0.25, 0.3) is 0 Å². The van der Waals surface area contributed by atoms with Gasteiger partial charge in [0.25, 0.3) is 0 Å². The van der Waals surface area contributed by atoms with E-state index >= 15 is 0 Å². The zero-order chi connectivity index (χ0) is 26.7. The number of aliphatic hydroxyl groups is 5. The number of aliphatic hydroxyl groups excluding tert-OH is 3. The van der Waals surface area contributed by atoms with Crippen LogP contribution in [0.15, 0.2) is 23.3 Å². The Morgan fingerprint density at radius 1 is 0.972 bits per heavy atom. The fourth-order valence-electron chi connectivity index (χ4n) is 7.65. The molecule has 0 spiro atoms. The lowest BCUT2D eigenvalue weighted by Gasteiger charge is -2.45. The summed E-state index contributed by atoms with van der Waals surface area (Å²) in [6, 6.07) is 0. The van der Waals surface area contributed by atoms with E-state index in [9.17, 15) is 25.5 Å². The predicted octanol–water partition coefficient (Wildman–Crippen LogP) is 5.43. The Balaban J connectivity index is 1.76. The van der Waals surface area contributed by atoms with E-state index in [0.717, 1.165) is 37.7 Å². The van der Waals surface area contributed by atoms with Crippen LogP contribution in [0.2, 0.25) is 0 Å². The van der Waals surface area contributed by atoms with Gasteiger partial charge >= 0.3 is 0 Å². The molecule has 0 radical (unpaired) electrons. The third-order valence-electron chi connectivity index (χ3n) is 9.67. The van der Waals surface area contributed by atoms with Crippen LogP contribution >= 0.6 is 0 Å². The van der Waals surface area contributed by atoms with Gasteiger partial charge in [0, 0.05) is 0 Å². The topological polar surface area (TPSA) is 101 Å². The highest BCUT2D eigenvalue weighted by Crippen LogP contribution is 2.60. The van der Waals surface area contributed by atoms with Crippen molar-refractivity contribution in [2.24, 2.45) is 23.2 Å². The summed E-state index contributed by atoms with van der Waals surface area (Å²) < 4.78 is 0. The summed E-state index contributed by atoms with van der Waals surface area (Å²) in [7, 11) is 0. The van der Waals surface area contributed by atoms with Crippen LogP contribution in [0.5, 0.6) is 0 Å². The first kappa shape index (κ1) is 29.8. The second-order valence-electron chi connectivity index (χ2n) is 13.8. The first-order valence-electron chi connectivity index (χ1n) is 14.6. The molecule has 3 aliphatic rings. The monoisotopic (exact) mass is 506 g/mol. The van der Waals surface area contributed by atoms with Gasteiger partial charge in [-0.1, -0.05) is 43.1 Å². The van der Waals surface area contributed by atoms with Crippen LogP contribution in [0.1, 0.15) is 118 Å². The van der Waals surface area contributed by atoms with E-state index in [1.54, 1.807) is 13.8 Å². The molecule has 3 rings (SSSR count). The van der Waals surface area contributed by atoms with Gasteiger partial charge in [0.15, 0.2) is 0 Å². The van der Waals surface area contributed by atoms with Gasteiger partial charge in [-0.25, -0.2) is 0 Å². The molecular formula is C31H54O5. The van der Waals surface area contributed by atoms with E-state index in [1.807, 2.05) is 13.8 Å². The molecule has 4 unspecified atom stereocenters. The second kappa shape index (κ2) is 12.0. The maximum atomic E-state index is 10.6. The first-order chi connectivity index (χ1) is 16.7. The molecule has 3 saturated carbocycles. The Hall–Kier alpha value is -0.720. The molecule has 5 nitrogen and oxygen atoms in total. The molecule has 0 aromatic carbocycles. The average molecular weight is 507 g/mol. The third kappa shape index (κ3) is 7.89. The van der Waals surface area contributed by atoms with Crippen molar-refractivity contribution in [2.45, 2.75) is 148 Å². The van der Waals surface area contributed by atoms with Crippen LogP contribution in [-0.2, 0) is 0 Å². The molecule has 7 atom stereocenters. The van der Waals surface area contributed by atoms with Crippen molar-refractivity contribution >= 4 is 0 Å². The quantitative estimate of drug-likeness (QED) is 0.272. The maximum Gasteiger partial charge on any atom is 0.0849 e. The molecule has 0 aliphatic heterocycles. The summed E-state index contributed by atoms with van der Waals surface area (Å²) >= 11 is 0. The molecule has 0 bridgehead atoms. The summed E-state index contributed by atoms with van der Waals surface area (Å²) in [6.45, 7) is 9.61. The van der Waals surface area contributed by atoms with Crippen LogP contribution in [-0.4, -0.2) is 55.0 Å². The van der Waals surface area contributed by atoms with E-state index in [4.69, 9.17) is 0 Å². The smallest absolute Gasteiger partial charge is 0.0849 e. The van der Waals surface area contributed by atoms with Crippen molar-refractivity contribution < 1.29 is 25.5 Å². The van der Waals surface area contributed by atoms with Crippen molar-refractivity contribution in [2.75, 3.05) is 0 Å². The van der Waals surface area contributed by atoms with Crippen LogP contribution in [0.4, 0.5) is 0 Å². The van der Waals surface area contributed by atoms with Crippen molar-refractivity contribution in [3.8, 4) is 0 Å². The standard InChI is InChI=1S/C31H54O5/c1-29(2,35)16-6-8-23(12-15-28(34)30(3,4)36)27-14-13-26-22(9-7-17-31(26,27)5)11-10-21-18-24(32)20-25(33)19-21/h10-11,23-28,32-36H,6-9,12-20H2,1-5H3/b21-10-,22-11+/t23-,24?,25+,26?,27?,28?,31-/m0/s1. The second-order valence-corrected chi connectivity index (χ2v) is 13.8. The molecule has 5 N–H and O–H groups in total. The van der Waals surface area contributed by atoms with Gasteiger partial charge in [0.1, 0.15) is 0 Å². The molecular weight excluding hydrogens is 452 g/mol. The SMILES string of the molecule is CC(C)(O)CCC[C@@H](CCC(O)C(C)(C)O)C1CCC2/C(=C/C=C3/CC(O)C[C@H](O)C3)CCC[C@@]21C. The van der Waals surface area contributed by atoms with Crippen molar-refractivity contribution in [3.63, 3.8) is 0 Å². The Bertz CT molecular complexity index is 761. The fraction of sp³-hybridized carbons (Fsp3) is 0.871. The van der Waals surface area contributed by atoms with E-state index in [2.05, 4.69) is 19.1 Å². The van der Waals surface area contributed by atoms with Gasteiger partial charge in [-0.05, 0) is 121 Å². The number of hydrogen-bond donors (Lipinski definition) is 5. The maximum absolute atomic E-state index is 10.6. The van der Waals surface area contributed by atoms with Crippen molar-refractivity contribution in [3.05, 3.63) is 23.3 Å². The Labute approximate surface area is 219 Å². The molecule has 0 aromatic rings. The molecule has 3 aliphatic carbocycles. The lowest BCUT2D eigenvalue weighted by molar-refractivity contribution is -0.0563. The zero-order valence-corrected chi connectivity index (χ0v) is 23.5. The Kier molecular flexibility index (Phi) is 9.93. The van der Waals surface area contributed by atoms with E-state index in [-0.39, 0.29) is 5.41 Å². The summed E-state index contributed by atoms with van der Waals surface area (Å²) in [5.41, 5.74) is 1.16. The van der Waals surface area contributed by atoms with E-state index < -0.39 is 29.5 Å². The van der Waals surface area contributed by atoms with Gasteiger partial charge in [-0.2, -0.15) is 0 Å². The highest BCUT2D eigenvalue weighted by atomic mass is 16.3. The highest BCUT2D eigenvalue weighted by molar-refractivity contribution is 5.26. The van der Waals surface area contributed by atoms with Crippen LogP contribution < -0.4 is 0 Å². The minimum atomic E-state index is -1.09. The van der Waals surface area contributed by atoms with Gasteiger partial charge in [0.2, 0.25) is 0 Å². The van der Waals surface area contributed by atoms with Crippen LogP contribution in [0.3, 0.4) is 0 Å². The first-order valence-corrected chi connectivity index (χ1v) is 14.6. The zero-order valence-electron chi connectivity index (χ0n) is 23.5. The van der Waals surface area contributed by atoms with Crippen molar-refractivity contribution in [1.29, 1.82) is 0 Å². The minimum Gasteiger partial charge on any atom is -0.393 e. The third-order valence-corrected chi connectivity index (χ3v) is 9.67. The highest BCUT2D eigenvalue weighted by Gasteiger charge is 2.51. The largest absolute Gasteiger partial charge is 0.393 e. The molecule has 36 heavy (non-hydrogen) atoms. The molecule has 0 amide bonds. The molecule has 0 aromatic heterocycles. The molecule has 208 valence electrons. The average Bonchev–Trinajstić information content (AvgIpc) is 3.09. The van der Waals surface area contributed by atoms with Gasteiger partial charge in [0.05, 0.1) is 29.5 Å². The Morgan fingerprint density at radius 3 is 2.25 bits per heavy atom. The van der Waals surface area contributed by atoms with E-state index in [0.29, 0.717) is 43.4 Å². The summed E-state index contributed by atoms with van der Waals surface area (Å²) in [4.78, 5) is 0. The number of hydrogen-bond acceptors (Lipinski definition) is 5. The normalized spacial score (nSPS) is 35.7. The summed E-state index contributed by atoms with van der Waals surface area (Å²) in [6.07, 6.45) is 14.9. The van der Waals surface area contributed by atoms with Crippen LogP contribution in [0, 0.1) is 23.2 Å². The number of fused-ring (bicyclic) bond motifs is 1. The molecule has 5 heteroatoms. The lowest BCUT2D eigenvalue weighted by atomic mass is 9.60. The summed E-state index contributed by atoms with van der Waals surface area (Å²) in [5, 5.41) is 51.3. The van der Waals surface area contributed by atoms with Gasteiger partial charge < -0.3 is 25.5 Å². The van der Waals surface area contributed by atoms with Gasteiger partial charge in [-0.3, -0.25) is 0 Å². The summed E-state index contributed by atoms with van der Waals surface area (Å²) in [5.74, 6) is 1.61. The molecule has 3 fully saturated rings. The Morgan fingerprint density at radius 2 is 1.64 bits per heavy atom. The minimum absolute atomic E-state index is 0.229. The van der Waals surface area contributed by atoms with Crippen molar-refractivity contribution in [1.82, 2.24) is 0 Å². The predicted molar refractivity (Wildman–Crippen MR) is 145 cm³/mol. The molecule has 0 saturated heterocycles. The molecule has 0 heterocycles.